The highest BCUT2D eigenvalue weighted by Gasteiger charge is 2.30. The van der Waals surface area contributed by atoms with Crippen molar-refractivity contribution in [2.75, 3.05) is 6.54 Å². The summed E-state index contributed by atoms with van der Waals surface area (Å²) in [5.41, 5.74) is 2.74. The van der Waals surface area contributed by atoms with Crippen molar-refractivity contribution in [2.24, 2.45) is 7.05 Å². The van der Waals surface area contributed by atoms with Crippen molar-refractivity contribution in [1.82, 2.24) is 14.7 Å². The molecule has 0 saturated carbocycles. The molecule has 2 heterocycles. The summed E-state index contributed by atoms with van der Waals surface area (Å²) in [5.74, 6) is -1.17. The van der Waals surface area contributed by atoms with E-state index in [1.54, 1.807) is 10.8 Å². The summed E-state index contributed by atoms with van der Waals surface area (Å²) < 4.78 is 1.76. The maximum Gasteiger partial charge on any atom is 0.326 e. The molecule has 1 aromatic rings. The number of carbonyl (C=O) groups excluding carboxylic acids is 1. The van der Waals surface area contributed by atoms with Gasteiger partial charge in [-0.1, -0.05) is 0 Å². The molecule has 0 bridgehead atoms. The van der Waals surface area contributed by atoms with Crippen LogP contribution in [0.15, 0.2) is 6.08 Å². The minimum atomic E-state index is -0.926. The number of aryl methyl sites for hydroxylation is 2. The molecule has 0 spiro atoms. The number of aliphatic carboxylic acids is 1. The SMILES string of the molecule is Cc1nn(C)c(C)c1C=CC(=O)N1CCCC[C@H]1C(=O)O. The summed E-state index contributed by atoms with van der Waals surface area (Å²) in [7, 11) is 1.85. The number of piperidine rings is 1. The van der Waals surface area contributed by atoms with Crippen molar-refractivity contribution >= 4 is 18.0 Å². The number of carboxylic acids is 1. The highest BCUT2D eigenvalue weighted by atomic mass is 16.4. The number of aromatic nitrogens is 2. The Balaban J connectivity index is 2.16. The third-order valence-electron chi connectivity index (χ3n) is 4.03. The van der Waals surface area contributed by atoms with Crippen LogP contribution in [0.2, 0.25) is 0 Å². The van der Waals surface area contributed by atoms with Gasteiger partial charge in [0.25, 0.3) is 0 Å². The van der Waals surface area contributed by atoms with Crippen molar-refractivity contribution in [2.45, 2.75) is 39.2 Å². The van der Waals surface area contributed by atoms with Crippen molar-refractivity contribution in [3.8, 4) is 0 Å². The fourth-order valence-corrected chi connectivity index (χ4v) is 2.73. The van der Waals surface area contributed by atoms with Crippen molar-refractivity contribution < 1.29 is 14.7 Å². The van der Waals surface area contributed by atoms with Gasteiger partial charge in [0, 0.05) is 30.9 Å². The second kappa shape index (κ2) is 6.11. The number of likely N-dealkylation sites (tertiary alicyclic amines) is 1. The Kier molecular flexibility index (Phi) is 4.45. The molecule has 6 heteroatoms. The molecule has 1 fully saturated rings. The lowest BCUT2D eigenvalue weighted by molar-refractivity contribution is -0.150. The van der Waals surface area contributed by atoms with Crippen LogP contribution >= 0.6 is 0 Å². The molecule has 114 valence electrons. The fourth-order valence-electron chi connectivity index (χ4n) is 2.73. The summed E-state index contributed by atoms with van der Waals surface area (Å²) in [6, 6.07) is -0.702. The summed E-state index contributed by atoms with van der Waals surface area (Å²) in [5, 5.41) is 13.5. The van der Waals surface area contributed by atoms with Gasteiger partial charge in [-0.15, -0.1) is 0 Å². The molecule has 1 atom stereocenters. The topological polar surface area (TPSA) is 75.4 Å². The van der Waals surface area contributed by atoms with Gasteiger partial charge in [-0.05, 0) is 39.2 Å². The van der Waals surface area contributed by atoms with Gasteiger partial charge < -0.3 is 10.0 Å². The molecule has 1 amide bonds. The van der Waals surface area contributed by atoms with Crippen molar-refractivity contribution in [3.05, 3.63) is 23.0 Å². The summed E-state index contributed by atoms with van der Waals surface area (Å²) in [6.45, 7) is 4.33. The van der Waals surface area contributed by atoms with Gasteiger partial charge >= 0.3 is 5.97 Å². The molecular weight excluding hydrogens is 270 g/mol. The lowest BCUT2D eigenvalue weighted by atomic mass is 10.0. The van der Waals surface area contributed by atoms with Gasteiger partial charge in [-0.25, -0.2) is 4.79 Å². The van der Waals surface area contributed by atoms with E-state index in [0.717, 1.165) is 29.8 Å². The van der Waals surface area contributed by atoms with Crippen LogP contribution in [0.5, 0.6) is 0 Å². The van der Waals surface area contributed by atoms with E-state index in [-0.39, 0.29) is 5.91 Å². The van der Waals surface area contributed by atoms with Crippen LogP contribution in [0, 0.1) is 13.8 Å². The van der Waals surface area contributed by atoms with Crippen LogP contribution < -0.4 is 0 Å². The maximum atomic E-state index is 12.3. The van der Waals surface area contributed by atoms with E-state index in [1.807, 2.05) is 20.9 Å². The van der Waals surface area contributed by atoms with Gasteiger partial charge in [0.05, 0.1) is 5.69 Å². The third kappa shape index (κ3) is 3.15. The Hall–Kier alpha value is -2.11. The zero-order valence-electron chi connectivity index (χ0n) is 12.7. The first kappa shape index (κ1) is 15.3. The largest absolute Gasteiger partial charge is 0.480 e. The van der Waals surface area contributed by atoms with Gasteiger partial charge in [-0.2, -0.15) is 5.10 Å². The van der Waals surface area contributed by atoms with Crippen LogP contribution in [-0.4, -0.2) is 44.3 Å². The van der Waals surface area contributed by atoms with Gasteiger partial charge in [0.1, 0.15) is 6.04 Å². The molecule has 0 aromatic carbocycles. The van der Waals surface area contributed by atoms with Gasteiger partial charge in [0.15, 0.2) is 0 Å². The average molecular weight is 291 g/mol. The third-order valence-corrected chi connectivity index (χ3v) is 4.03. The molecule has 1 saturated heterocycles. The average Bonchev–Trinajstić information content (AvgIpc) is 2.70. The molecule has 21 heavy (non-hydrogen) atoms. The number of rotatable bonds is 3. The predicted octanol–water partition coefficient (Wildman–Crippen LogP) is 1.52. The van der Waals surface area contributed by atoms with Crippen molar-refractivity contribution in [1.29, 1.82) is 0 Å². The number of nitrogens with zero attached hydrogens (tertiary/aromatic N) is 3. The fraction of sp³-hybridized carbons (Fsp3) is 0.533. The molecule has 1 aliphatic heterocycles. The molecule has 2 rings (SSSR count). The Morgan fingerprint density at radius 3 is 2.62 bits per heavy atom. The lowest BCUT2D eigenvalue weighted by Gasteiger charge is -2.32. The Labute approximate surface area is 124 Å². The van der Waals surface area contributed by atoms with E-state index < -0.39 is 12.0 Å². The zero-order valence-corrected chi connectivity index (χ0v) is 12.7. The lowest BCUT2D eigenvalue weighted by Crippen LogP contribution is -2.47. The predicted molar refractivity (Wildman–Crippen MR) is 78.7 cm³/mol. The maximum absolute atomic E-state index is 12.3. The van der Waals surface area contributed by atoms with Crippen molar-refractivity contribution in [3.63, 3.8) is 0 Å². The van der Waals surface area contributed by atoms with E-state index in [1.165, 1.54) is 11.0 Å². The molecule has 1 aromatic heterocycles. The van der Waals surface area contributed by atoms with E-state index in [0.29, 0.717) is 13.0 Å². The molecule has 1 N–H and O–H groups in total. The first-order valence-electron chi connectivity index (χ1n) is 7.13. The van der Waals surface area contributed by atoms with Crippen LogP contribution in [0.4, 0.5) is 0 Å². The smallest absolute Gasteiger partial charge is 0.326 e. The summed E-state index contributed by atoms with van der Waals surface area (Å²) in [4.78, 5) is 24.9. The highest BCUT2D eigenvalue weighted by Crippen LogP contribution is 2.19. The molecule has 0 aliphatic carbocycles. The minimum absolute atomic E-state index is 0.246. The Bertz CT molecular complexity index is 589. The van der Waals surface area contributed by atoms with Crippen LogP contribution in [0.1, 0.15) is 36.2 Å². The van der Waals surface area contributed by atoms with Crippen LogP contribution in [0.25, 0.3) is 6.08 Å². The molecule has 1 aliphatic rings. The number of amides is 1. The monoisotopic (exact) mass is 291 g/mol. The van der Waals surface area contributed by atoms with E-state index in [2.05, 4.69) is 5.10 Å². The second-order valence-electron chi connectivity index (χ2n) is 5.42. The van der Waals surface area contributed by atoms with Crippen LogP contribution in [-0.2, 0) is 16.6 Å². The molecular formula is C15H21N3O3. The number of hydrogen-bond donors (Lipinski definition) is 1. The van der Waals surface area contributed by atoms with E-state index in [4.69, 9.17) is 0 Å². The zero-order chi connectivity index (χ0) is 15.6. The number of hydrogen-bond acceptors (Lipinski definition) is 3. The second-order valence-corrected chi connectivity index (χ2v) is 5.42. The quantitative estimate of drug-likeness (QED) is 0.857. The molecule has 6 nitrogen and oxygen atoms in total. The summed E-state index contributed by atoms with van der Waals surface area (Å²) in [6.07, 6.45) is 5.42. The number of carboxylic acid groups (broad SMARTS) is 1. The first-order chi connectivity index (χ1) is 9.91. The normalized spacial score (nSPS) is 19.2. The Morgan fingerprint density at radius 1 is 1.33 bits per heavy atom. The van der Waals surface area contributed by atoms with E-state index >= 15 is 0 Å². The van der Waals surface area contributed by atoms with Crippen LogP contribution in [0.3, 0.4) is 0 Å². The minimum Gasteiger partial charge on any atom is -0.480 e. The number of carbonyl (C=O) groups is 2. The van der Waals surface area contributed by atoms with Gasteiger partial charge in [0.2, 0.25) is 5.91 Å². The standard InChI is InChI=1S/C15H21N3O3/c1-10-12(11(2)17(3)16-10)7-8-14(19)18-9-5-4-6-13(18)15(20)21/h7-8,13H,4-6,9H2,1-3H3,(H,20,21)/t13-/m0/s1. The van der Waals surface area contributed by atoms with E-state index in [9.17, 15) is 14.7 Å². The summed E-state index contributed by atoms with van der Waals surface area (Å²) >= 11 is 0. The van der Waals surface area contributed by atoms with Gasteiger partial charge in [-0.3, -0.25) is 9.48 Å². The highest BCUT2D eigenvalue weighted by molar-refractivity contribution is 5.94. The molecule has 0 unspecified atom stereocenters. The first-order valence-corrected chi connectivity index (χ1v) is 7.13. The Morgan fingerprint density at radius 2 is 2.05 bits per heavy atom. The molecule has 0 radical (unpaired) electrons.